The molecule has 0 radical (unpaired) electrons. The lowest BCUT2D eigenvalue weighted by Gasteiger charge is -2.15. The molecule has 1 fully saturated rings. The van der Waals surface area contributed by atoms with Crippen molar-refractivity contribution in [2.45, 2.75) is 18.5 Å². The number of hydrogen-bond acceptors (Lipinski definition) is 3. The predicted molar refractivity (Wildman–Crippen MR) is 71.4 cm³/mol. The van der Waals surface area contributed by atoms with E-state index in [0.717, 1.165) is 5.56 Å². The Morgan fingerprint density at radius 2 is 1.65 bits per heavy atom. The molecule has 3 rings (SSSR count). The van der Waals surface area contributed by atoms with Crippen molar-refractivity contribution >= 4 is 0 Å². The number of halogens is 1. The molecule has 3 atom stereocenters. The van der Waals surface area contributed by atoms with Crippen LogP contribution < -0.4 is 0 Å². The Balaban J connectivity index is 1.87. The largest absolute Gasteiger partial charge is 0.394 e. The van der Waals surface area contributed by atoms with E-state index in [1.54, 1.807) is 18.2 Å². The first-order chi connectivity index (χ1) is 9.79. The molecule has 1 heterocycles. The van der Waals surface area contributed by atoms with Gasteiger partial charge in [-0.05, 0) is 6.07 Å². The van der Waals surface area contributed by atoms with Gasteiger partial charge in [0.25, 0.3) is 0 Å². The van der Waals surface area contributed by atoms with E-state index >= 15 is 0 Å². The van der Waals surface area contributed by atoms with Crippen molar-refractivity contribution < 1.29 is 19.0 Å². The molecule has 0 saturated carbocycles. The molecule has 2 aromatic carbocycles. The van der Waals surface area contributed by atoms with E-state index in [1.165, 1.54) is 6.07 Å². The number of aliphatic hydroxyl groups excluding tert-OH is 1. The fourth-order valence-corrected chi connectivity index (χ4v) is 2.37. The third-order valence-electron chi connectivity index (χ3n) is 3.37. The number of ether oxygens (including phenoxy) is 2. The first-order valence-electron chi connectivity index (χ1n) is 6.50. The van der Waals surface area contributed by atoms with E-state index in [-0.39, 0.29) is 12.4 Å². The summed E-state index contributed by atoms with van der Waals surface area (Å²) in [6, 6.07) is 15.8. The van der Waals surface area contributed by atoms with Crippen molar-refractivity contribution in [1.82, 2.24) is 0 Å². The highest BCUT2D eigenvalue weighted by atomic mass is 19.1. The van der Waals surface area contributed by atoms with Gasteiger partial charge in [0.1, 0.15) is 18.0 Å². The second-order valence-electron chi connectivity index (χ2n) is 4.68. The van der Waals surface area contributed by atoms with Gasteiger partial charge in [-0.15, -0.1) is 0 Å². The Bertz CT molecular complexity index is 573. The van der Waals surface area contributed by atoms with Crippen molar-refractivity contribution in [3.8, 4) is 0 Å². The van der Waals surface area contributed by atoms with Crippen LogP contribution in [0.2, 0.25) is 0 Å². The Labute approximate surface area is 116 Å². The Kier molecular flexibility index (Phi) is 3.78. The molecular formula is C16H15FO3. The van der Waals surface area contributed by atoms with E-state index in [9.17, 15) is 9.50 Å². The van der Waals surface area contributed by atoms with Crippen molar-refractivity contribution in [3.05, 3.63) is 71.5 Å². The lowest BCUT2D eigenvalue weighted by Crippen LogP contribution is -2.20. The van der Waals surface area contributed by atoms with Gasteiger partial charge < -0.3 is 14.6 Å². The number of hydrogen-bond donors (Lipinski definition) is 1. The third-order valence-corrected chi connectivity index (χ3v) is 3.37. The minimum absolute atomic E-state index is 0.220. The standard InChI is InChI=1S/C16H15FO3/c17-13-9-5-4-8-12(13)15-14(10-18)19-16(20-15)11-6-2-1-3-7-11/h1-9,14-16,18H,10H2/t14-,15-,16+/m1/s1. The summed E-state index contributed by atoms with van der Waals surface area (Å²) < 4.78 is 25.3. The highest BCUT2D eigenvalue weighted by Crippen LogP contribution is 2.40. The van der Waals surface area contributed by atoms with Crippen LogP contribution in [0.15, 0.2) is 54.6 Å². The fourth-order valence-electron chi connectivity index (χ4n) is 2.37. The second kappa shape index (κ2) is 5.71. The van der Waals surface area contributed by atoms with Crippen LogP contribution in [0, 0.1) is 5.82 Å². The van der Waals surface area contributed by atoms with Crippen LogP contribution in [0.4, 0.5) is 4.39 Å². The average molecular weight is 274 g/mol. The molecule has 0 spiro atoms. The minimum Gasteiger partial charge on any atom is -0.394 e. The molecule has 0 amide bonds. The highest BCUT2D eigenvalue weighted by Gasteiger charge is 2.38. The molecule has 1 N–H and O–H groups in total. The van der Waals surface area contributed by atoms with E-state index in [4.69, 9.17) is 9.47 Å². The fraction of sp³-hybridized carbons (Fsp3) is 0.250. The summed E-state index contributed by atoms with van der Waals surface area (Å²) in [6.45, 7) is -0.220. The topological polar surface area (TPSA) is 38.7 Å². The smallest absolute Gasteiger partial charge is 0.185 e. The molecule has 20 heavy (non-hydrogen) atoms. The van der Waals surface area contributed by atoms with Crippen molar-refractivity contribution in [2.24, 2.45) is 0 Å². The first kappa shape index (κ1) is 13.2. The van der Waals surface area contributed by atoms with Crippen LogP contribution in [0.25, 0.3) is 0 Å². The van der Waals surface area contributed by atoms with Gasteiger partial charge in [0, 0.05) is 11.1 Å². The summed E-state index contributed by atoms with van der Waals surface area (Å²) in [7, 11) is 0. The van der Waals surface area contributed by atoms with Gasteiger partial charge in [-0.2, -0.15) is 0 Å². The van der Waals surface area contributed by atoms with Crippen LogP contribution in [-0.2, 0) is 9.47 Å². The van der Waals surface area contributed by atoms with Gasteiger partial charge in [0.2, 0.25) is 0 Å². The molecular weight excluding hydrogens is 259 g/mol. The summed E-state index contributed by atoms with van der Waals surface area (Å²) in [5.74, 6) is -0.353. The molecule has 104 valence electrons. The van der Waals surface area contributed by atoms with Gasteiger partial charge in [-0.25, -0.2) is 4.39 Å². The van der Waals surface area contributed by atoms with E-state index in [1.807, 2.05) is 30.3 Å². The summed E-state index contributed by atoms with van der Waals surface area (Å²) >= 11 is 0. The summed E-state index contributed by atoms with van der Waals surface area (Å²) in [6.07, 6.45) is -1.76. The third kappa shape index (κ3) is 2.45. The Hall–Kier alpha value is -1.75. The van der Waals surface area contributed by atoms with E-state index < -0.39 is 18.5 Å². The molecule has 2 aromatic rings. The maximum absolute atomic E-state index is 13.9. The molecule has 4 heteroatoms. The zero-order valence-electron chi connectivity index (χ0n) is 10.8. The minimum atomic E-state index is -0.605. The Morgan fingerprint density at radius 1 is 0.950 bits per heavy atom. The number of rotatable bonds is 3. The average Bonchev–Trinajstić information content (AvgIpc) is 2.93. The normalized spacial score (nSPS) is 25.8. The SMILES string of the molecule is OC[C@H]1O[C@H](c2ccccc2)O[C@@H]1c1ccccc1F. The Morgan fingerprint density at radius 3 is 2.35 bits per heavy atom. The monoisotopic (exact) mass is 274 g/mol. The van der Waals surface area contributed by atoms with Gasteiger partial charge in [0.15, 0.2) is 6.29 Å². The van der Waals surface area contributed by atoms with Crippen molar-refractivity contribution in [1.29, 1.82) is 0 Å². The predicted octanol–water partition coefficient (Wildman–Crippen LogP) is 2.97. The van der Waals surface area contributed by atoms with Gasteiger partial charge in [-0.3, -0.25) is 0 Å². The number of aliphatic hydroxyl groups is 1. The maximum Gasteiger partial charge on any atom is 0.185 e. The highest BCUT2D eigenvalue weighted by molar-refractivity contribution is 5.23. The lowest BCUT2D eigenvalue weighted by atomic mass is 10.0. The van der Waals surface area contributed by atoms with Gasteiger partial charge in [0.05, 0.1) is 6.61 Å². The first-order valence-corrected chi connectivity index (χ1v) is 6.50. The van der Waals surface area contributed by atoms with Gasteiger partial charge >= 0.3 is 0 Å². The second-order valence-corrected chi connectivity index (χ2v) is 4.68. The van der Waals surface area contributed by atoms with Gasteiger partial charge in [-0.1, -0.05) is 48.5 Å². The molecule has 0 bridgehead atoms. The summed E-state index contributed by atoms with van der Waals surface area (Å²) in [4.78, 5) is 0. The van der Waals surface area contributed by atoms with E-state index in [0.29, 0.717) is 5.56 Å². The zero-order chi connectivity index (χ0) is 13.9. The maximum atomic E-state index is 13.9. The van der Waals surface area contributed by atoms with Crippen LogP contribution in [0.3, 0.4) is 0 Å². The van der Waals surface area contributed by atoms with Crippen molar-refractivity contribution in [3.63, 3.8) is 0 Å². The van der Waals surface area contributed by atoms with Crippen molar-refractivity contribution in [2.75, 3.05) is 6.61 Å². The van der Waals surface area contributed by atoms with Crippen LogP contribution in [0.1, 0.15) is 23.5 Å². The molecule has 1 aliphatic rings. The summed E-state index contributed by atoms with van der Waals surface area (Å²) in [5, 5.41) is 9.43. The molecule has 1 aliphatic heterocycles. The zero-order valence-corrected chi connectivity index (χ0v) is 10.8. The number of benzene rings is 2. The lowest BCUT2D eigenvalue weighted by molar-refractivity contribution is -0.0741. The van der Waals surface area contributed by atoms with Crippen LogP contribution in [0.5, 0.6) is 0 Å². The quantitative estimate of drug-likeness (QED) is 0.935. The molecule has 0 unspecified atom stereocenters. The molecule has 1 saturated heterocycles. The molecule has 0 aromatic heterocycles. The molecule has 3 nitrogen and oxygen atoms in total. The van der Waals surface area contributed by atoms with Crippen LogP contribution in [-0.4, -0.2) is 17.8 Å². The van der Waals surface area contributed by atoms with E-state index in [2.05, 4.69) is 0 Å². The van der Waals surface area contributed by atoms with Crippen LogP contribution >= 0.6 is 0 Å². The summed E-state index contributed by atoms with van der Waals surface area (Å²) in [5.41, 5.74) is 1.26. The molecule has 0 aliphatic carbocycles.